The highest BCUT2D eigenvalue weighted by Gasteiger charge is 2.21. The van der Waals surface area contributed by atoms with E-state index in [-0.39, 0.29) is 19.6 Å². The van der Waals surface area contributed by atoms with Crippen molar-refractivity contribution >= 4 is 15.9 Å². The molecular formula is C18H23N3O5S. The molecule has 8 nitrogen and oxygen atoms in total. The second kappa shape index (κ2) is 9.33. The first kappa shape index (κ1) is 20.7. The third-order valence-electron chi connectivity index (χ3n) is 3.81. The van der Waals surface area contributed by atoms with Crippen LogP contribution in [0.1, 0.15) is 11.1 Å². The van der Waals surface area contributed by atoms with Gasteiger partial charge in [-0.15, -0.1) is 0 Å². The SMILES string of the molecule is COc1ccc(CN(CC(=O)NCc2cccnc2)S(C)(=O)=O)cc1OC. The van der Waals surface area contributed by atoms with Gasteiger partial charge in [0.15, 0.2) is 11.5 Å². The number of carbonyl (C=O) groups excluding carboxylic acids is 1. The van der Waals surface area contributed by atoms with Gasteiger partial charge in [-0.25, -0.2) is 8.42 Å². The maximum Gasteiger partial charge on any atom is 0.235 e. The van der Waals surface area contributed by atoms with Crippen molar-refractivity contribution in [1.82, 2.24) is 14.6 Å². The molecule has 1 N–H and O–H groups in total. The molecule has 0 atom stereocenters. The Morgan fingerprint density at radius 3 is 2.48 bits per heavy atom. The van der Waals surface area contributed by atoms with Crippen LogP contribution in [0, 0.1) is 0 Å². The Kier molecular flexibility index (Phi) is 7.14. The van der Waals surface area contributed by atoms with Crippen LogP contribution in [0.3, 0.4) is 0 Å². The summed E-state index contributed by atoms with van der Waals surface area (Å²) in [5.41, 5.74) is 1.51. The summed E-state index contributed by atoms with van der Waals surface area (Å²) in [6.45, 7) is 0.0353. The Morgan fingerprint density at radius 1 is 1.15 bits per heavy atom. The molecule has 1 heterocycles. The number of carbonyl (C=O) groups is 1. The number of rotatable bonds is 9. The van der Waals surface area contributed by atoms with Gasteiger partial charge in [0.25, 0.3) is 0 Å². The molecule has 0 bridgehead atoms. The predicted molar refractivity (Wildman–Crippen MR) is 101 cm³/mol. The average Bonchev–Trinajstić information content (AvgIpc) is 2.65. The molecule has 0 spiro atoms. The Morgan fingerprint density at radius 2 is 1.89 bits per heavy atom. The smallest absolute Gasteiger partial charge is 0.235 e. The van der Waals surface area contributed by atoms with E-state index < -0.39 is 15.9 Å². The van der Waals surface area contributed by atoms with Crippen molar-refractivity contribution in [2.45, 2.75) is 13.1 Å². The lowest BCUT2D eigenvalue weighted by molar-refractivity contribution is -0.121. The van der Waals surface area contributed by atoms with Crippen molar-refractivity contribution in [1.29, 1.82) is 0 Å². The van der Waals surface area contributed by atoms with Crippen molar-refractivity contribution in [3.63, 3.8) is 0 Å². The Bertz CT molecular complexity index is 872. The first-order valence-electron chi connectivity index (χ1n) is 8.15. The number of sulfonamides is 1. The number of methoxy groups -OCH3 is 2. The van der Waals surface area contributed by atoms with Crippen molar-refractivity contribution in [3.8, 4) is 11.5 Å². The lowest BCUT2D eigenvalue weighted by atomic mass is 10.2. The summed E-state index contributed by atoms with van der Waals surface area (Å²) in [5.74, 6) is 0.635. The van der Waals surface area contributed by atoms with E-state index in [0.717, 1.165) is 16.1 Å². The highest BCUT2D eigenvalue weighted by Crippen LogP contribution is 2.28. The average molecular weight is 393 g/mol. The van der Waals surface area contributed by atoms with E-state index in [9.17, 15) is 13.2 Å². The Hall–Kier alpha value is -2.65. The molecule has 27 heavy (non-hydrogen) atoms. The molecule has 0 saturated heterocycles. The minimum absolute atomic E-state index is 0.0412. The molecule has 0 aliphatic carbocycles. The molecule has 146 valence electrons. The molecule has 2 rings (SSSR count). The van der Waals surface area contributed by atoms with E-state index in [1.54, 1.807) is 36.7 Å². The van der Waals surface area contributed by atoms with Crippen LogP contribution < -0.4 is 14.8 Å². The van der Waals surface area contributed by atoms with Crippen LogP contribution in [-0.2, 0) is 27.9 Å². The fourth-order valence-electron chi connectivity index (χ4n) is 2.39. The molecule has 0 saturated carbocycles. The van der Waals surface area contributed by atoms with Crippen molar-refractivity contribution < 1.29 is 22.7 Å². The lowest BCUT2D eigenvalue weighted by Gasteiger charge is -2.20. The molecule has 0 aliphatic rings. The maximum absolute atomic E-state index is 12.2. The summed E-state index contributed by atoms with van der Waals surface area (Å²) in [5, 5.41) is 2.70. The van der Waals surface area contributed by atoms with Crippen LogP contribution >= 0.6 is 0 Å². The minimum atomic E-state index is -3.59. The van der Waals surface area contributed by atoms with E-state index in [0.29, 0.717) is 17.1 Å². The van der Waals surface area contributed by atoms with Gasteiger partial charge in [-0.3, -0.25) is 9.78 Å². The monoisotopic (exact) mass is 393 g/mol. The van der Waals surface area contributed by atoms with Gasteiger partial charge >= 0.3 is 0 Å². The molecule has 0 radical (unpaired) electrons. The third-order valence-corrected chi connectivity index (χ3v) is 5.00. The number of benzene rings is 1. The normalized spacial score (nSPS) is 11.3. The van der Waals surface area contributed by atoms with Gasteiger partial charge in [0.2, 0.25) is 15.9 Å². The number of aromatic nitrogens is 1. The van der Waals surface area contributed by atoms with Crippen LogP contribution in [0.5, 0.6) is 11.5 Å². The minimum Gasteiger partial charge on any atom is -0.493 e. The molecule has 9 heteroatoms. The summed E-state index contributed by atoms with van der Waals surface area (Å²) >= 11 is 0. The summed E-state index contributed by atoms with van der Waals surface area (Å²) in [7, 11) is -0.566. The molecule has 0 aliphatic heterocycles. The van der Waals surface area contributed by atoms with Gasteiger partial charge in [-0.05, 0) is 29.3 Å². The fraction of sp³-hybridized carbons (Fsp3) is 0.333. The second-order valence-corrected chi connectivity index (χ2v) is 7.84. The number of ether oxygens (including phenoxy) is 2. The van der Waals surface area contributed by atoms with E-state index in [1.165, 1.54) is 14.2 Å². The molecule has 0 unspecified atom stereocenters. The molecule has 1 aromatic carbocycles. The van der Waals surface area contributed by atoms with Crippen molar-refractivity contribution in [2.75, 3.05) is 27.0 Å². The van der Waals surface area contributed by atoms with Crippen LogP contribution in [0.4, 0.5) is 0 Å². The number of amides is 1. The number of nitrogens with zero attached hydrogens (tertiary/aromatic N) is 2. The van der Waals surface area contributed by atoms with Gasteiger partial charge in [0.1, 0.15) is 0 Å². The molecule has 1 amide bonds. The first-order valence-corrected chi connectivity index (χ1v) is 10.00. The van der Waals surface area contributed by atoms with Gasteiger partial charge in [-0.1, -0.05) is 12.1 Å². The zero-order valence-corrected chi connectivity index (χ0v) is 16.3. The Labute approximate surface area is 159 Å². The number of pyridine rings is 1. The largest absolute Gasteiger partial charge is 0.493 e. The molecular weight excluding hydrogens is 370 g/mol. The van der Waals surface area contributed by atoms with Gasteiger partial charge in [0.05, 0.1) is 27.0 Å². The summed E-state index contributed by atoms with van der Waals surface area (Å²) < 4.78 is 35.7. The van der Waals surface area contributed by atoms with Gasteiger partial charge in [0, 0.05) is 25.5 Å². The predicted octanol–water partition coefficient (Wildman–Crippen LogP) is 1.18. The molecule has 1 aromatic heterocycles. The van der Waals surface area contributed by atoms with E-state index in [1.807, 2.05) is 6.07 Å². The highest BCUT2D eigenvalue weighted by molar-refractivity contribution is 7.88. The first-order chi connectivity index (χ1) is 12.8. The second-order valence-electron chi connectivity index (χ2n) is 5.86. The van der Waals surface area contributed by atoms with E-state index in [2.05, 4.69) is 10.3 Å². The standard InChI is InChI=1S/C18H23N3O5S/c1-25-16-7-6-14(9-17(16)26-2)12-21(27(3,23)24)13-18(22)20-11-15-5-4-8-19-10-15/h4-10H,11-13H2,1-3H3,(H,20,22). The zero-order chi connectivity index (χ0) is 19.9. The Balaban J connectivity index is 2.06. The quantitative estimate of drug-likeness (QED) is 0.687. The number of hydrogen-bond acceptors (Lipinski definition) is 6. The zero-order valence-electron chi connectivity index (χ0n) is 15.5. The number of hydrogen-bond donors (Lipinski definition) is 1. The van der Waals surface area contributed by atoms with Crippen molar-refractivity contribution in [2.24, 2.45) is 0 Å². The summed E-state index contributed by atoms with van der Waals surface area (Å²) in [6.07, 6.45) is 4.35. The van der Waals surface area contributed by atoms with Gasteiger partial charge < -0.3 is 14.8 Å². The number of nitrogens with one attached hydrogen (secondary N) is 1. The molecule has 2 aromatic rings. The third kappa shape index (κ3) is 6.22. The highest BCUT2D eigenvalue weighted by atomic mass is 32.2. The van der Waals surface area contributed by atoms with E-state index >= 15 is 0 Å². The van der Waals surface area contributed by atoms with Crippen LogP contribution in [0.15, 0.2) is 42.7 Å². The van der Waals surface area contributed by atoms with Crippen LogP contribution in [-0.4, -0.2) is 50.6 Å². The lowest BCUT2D eigenvalue weighted by Crippen LogP contribution is -2.39. The van der Waals surface area contributed by atoms with E-state index in [4.69, 9.17) is 9.47 Å². The summed E-state index contributed by atoms with van der Waals surface area (Å²) in [6, 6.07) is 8.70. The van der Waals surface area contributed by atoms with Gasteiger partial charge in [-0.2, -0.15) is 4.31 Å². The summed E-state index contributed by atoms with van der Waals surface area (Å²) in [4.78, 5) is 16.2. The van der Waals surface area contributed by atoms with Crippen molar-refractivity contribution in [3.05, 3.63) is 53.9 Å². The maximum atomic E-state index is 12.2. The fourth-order valence-corrected chi connectivity index (χ4v) is 3.13. The van der Waals surface area contributed by atoms with Crippen LogP contribution in [0.2, 0.25) is 0 Å². The molecule has 0 fully saturated rings. The van der Waals surface area contributed by atoms with Crippen LogP contribution in [0.25, 0.3) is 0 Å². The topological polar surface area (TPSA) is 97.8 Å².